The number of nitrogens with one attached hydrogen (secondary N) is 1. The van der Waals surface area contributed by atoms with Crippen molar-refractivity contribution in [3.8, 4) is 11.5 Å². The van der Waals surface area contributed by atoms with Gasteiger partial charge in [0.15, 0.2) is 11.5 Å². The van der Waals surface area contributed by atoms with E-state index in [2.05, 4.69) is 5.32 Å². The number of ether oxygens (including phenoxy) is 3. The van der Waals surface area contributed by atoms with Crippen molar-refractivity contribution >= 4 is 5.91 Å². The smallest absolute Gasteiger partial charge is 0.264 e. The van der Waals surface area contributed by atoms with Crippen LogP contribution in [0.5, 0.6) is 11.5 Å². The van der Waals surface area contributed by atoms with Gasteiger partial charge in [0.1, 0.15) is 6.61 Å². The van der Waals surface area contributed by atoms with Crippen molar-refractivity contribution < 1.29 is 19.0 Å². The van der Waals surface area contributed by atoms with Crippen molar-refractivity contribution in [1.29, 1.82) is 0 Å². The molecule has 2 rings (SSSR count). The Morgan fingerprint density at radius 1 is 1.50 bits per heavy atom. The first-order valence-electron chi connectivity index (χ1n) is 6.62. The highest BCUT2D eigenvalue weighted by Gasteiger charge is 2.28. The molecule has 0 bridgehead atoms. The van der Waals surface area contributed by atoms with Crippen molar-refractivity contribution in [2.45, 2.75) is 18.6 Å². The second-order valence-electron chi connectivity index (χ2n) is 4.60. The first-order valence-corrected chi connectivity index (χ1v) is 6.62. The van der Waals surface area contributed by atoms with Gasteiger partial charge < -0.3 is 25.3 Å². The normalized spacial score (nSPS) is 18.4. The van der Waals surface area contributed by atoms with Crippen LogP contribution in [0.25, 0.3) is 0 Å². The van der Waals surface area contributed by atoms with Crippen LogP contribution in [0.2, 0.25) is 0 Å². The van der Waals surface area contributed by atoms with Gasteiger partial charge in [0.2, 0.25) is 6.10 Å². The minimum absolute atomic E-state index is 0.113. The summed E-state index contributed by atoms with van der Waals surface area (Å²) in [7, 11) is 1.59. The minimum Gasteiger partial charge on any atom is -0.485 e. The van der Waals surface area contributed by atoms with E-state index in [0.717, 1.165) is 0 Å². The van der Waals surface area contributed by atoms with Gasteiger partial charge in [0, 0.05) is 7.11 Å². The van der Waals surface area contributed by atoms with Crippen LogP contribution >= 0.6 is 0 Å². The Hall–Kier alpha value is -1.79. The van der Waals surface area contributed by atoms with Gasteiger partial charge in [-0.3, -0.25) is 4.79 Å². The Morgan fingerprint density at radius 3 is 2.95 bits per heavy atom. The fourth-order valence-electron chi connectivity index (χ4n) is 2.04. The lowest BCUT2D eigenvalue weighted by Crippen LogP contribution is -2.49. The van der Waals surface area contributed by atoms with E-state index in [-0.39, 0.29) is 18.6 Å². The molecule has 0 saturated carbocycles. The highest BCUT2D eigenvalue weighted by Crippen LogP contribution is 2.30. The summed E-state index contributed by atoms with van der Waals surface area (Å²) in [6.45, 7) is 1.11. The number of nitrogens with two attached hydrogens (primary N) is 1. The molecule has 1 aliphatic rings. The highest BCUT2D eigenvalue weighted by molar-refractivity contribution is 5.82. The van der Waals surface area contributed by atoms with Gasteiger partial charge in [-0.15, -0.1) is 0 Å². The number of benzene rings is 1. The first kappa shape index (κ1) is 14.6. The fourth-order valence-corrected chi connectivity index (χ4v) is 2.04. The molecule has 6 nitrogen and oxygen atoms in total. The van der Waals surface area contributed by atoms with Gasteiger partial charge in [-0.05, 0) is 25.1 Å². The van der Waals surface area contributed by atoms with Gasteiger partial charge in [-0.25, -0.2) is 0 Å². The maximum absolute atomic E-state index is 12.2. The number of hydrogen-bond donors (Lipinski definition) is 2. The minimum atomic E-state index is -0.651. The van der Waals surface area contributed by atoms with E-state index < -0.39 is 6.10 Å². The van der Waals surface area contributed by atoms with Gasteiger partial charge in [0.05, 0.1) is 12.6 Å². The van der Waals surface area contributed by atoms with Gasteiger partial charge in [-0.2, -0.15) is 0 Å². The SMILES string of the molecule is COCC(CCN)NC(=O)C1COc2ccccc2O1. The van der Waals surface area contributed by atoms with E-state index in [1.807, 2.05) is 18.2 Å². The monoisotopic (exact) mass is 280 g/mol. The summed E-state index contributed by atoms with van der Waals surface area (Å²) >= 11 is 0. The Morgan fingerprint density at radius 2 is 2.25 bits per heavy atom. The molecule has 1 amide bonds. The maximum atomic E-state index is 12.2. The van der Waals surface area contributed by atoms with Crippen LogP contribution in [0.3, 0.4) is 0 Å². The third-order valence-electron chi connectivity index (χ3n) is 3.03. The summed E-state index contributed by atoms with van der Waals surface area (Å²) in [6.07, 6.45) is 0.00559. The van der Waals surface area contributed by atoms with E-state index in [4.69, 9.17) is 19.9 Å². The number of amides is 1. The molecule has 0 aromatic heterocycles. The molecular weight excluding hydrogens is 260 g/mol. The molecule has 1 aromatic rings. The number of para-hydroxylation sites is 2. The topological polar surface area (TPSA) is 82.8 Å². The Labute approximate surface area is 118 Å². The molecule has 0 saturated heterocycles. The number of carbonyl (C=O) groups excluding carboxylic acids is 1. The van der Waals surface area contributed by atoms with E-state index in [9.17, 15) is 4.79 Å². The molecule has 110 valence electrons. The largest absolute Gasteiger partial charge is 0.485 e. The molecule has 2 atom stereocenters. The van der Waals surface area contributed by atoms with Crippen LogP contribution in [0.4, 0.5) is 0 Å². The maximum Gasteiger partial charge on any atom is 0.264 e. The molecule has 3 N–H and O–H groups in total. The lowest BCUT2D eigenvalue weighted by Gasteiger charge is -2.27. The summed E-state index contributed by atoms with van der Waals surface area (Å²) in [6, 6.07) is 7.17. The zero-order valence-corrected chi connectivity index (χ0v) is 11.5. The summed E-state index contributed by atoms with van der Waals surface area (Å²) < 4.78 is 16.2. The van der Waals surface area contributed by atoms with E-state index in [1.54, 1.807) is 13.2 Å². The molecule has 0 radical (unpaired) electrons. The molecule has 1 aromatic carbocycles. The van der Waals surface area contributed by atoms with E-state index in [0.29, 0.717) is 31.1 Å². The summed E-state index contributed by atoms with van der Waals surface area (Å²) in [5.74, 6) is 1.03. The summed E-state index contributed by atoms with van der Waals surface area (Å²) in [5.41, 5.74) is 5.51. The zero-order chi connectivity index (χ0) is 14.4. The molecule has 20 heavy (non-hydrogen) atoms. The zero-order valence-electron chi connectivity index (χ0n) is 11.5. The highest BCUT2D eigenvalue weighted by atomic mass is 16.6. The second-order valence-corrected chi connectivity index (χ2v) is 4.60. The number of fused-ring (bicyclic) bond motifs is 1. The quantitative estimate of drug-likeness (QED) is 0.783. The Bertz CT molecular complexity index is 447. The van der Waals surface area contributed by atoms with Gasteiger partial charge >= 0.3 is 0 Å². The molecule has 1 aliphatic heterocycles. The fraction of sp³-hybridized carbons (Fsp3) is 0.500. The number of rotatable bonds is 6. The van der Waals surface area contributed by atoms with E-state index in [1.165, 1.54) is 0 Å². The van der Waals surface area contributed by atoms with Crippen molar-refractivity contribution in [1.82, 2.24) is 5.32 Å². The van der Waals surface area contributed by atoms with Crippen LogP contribution < -0.4 is 20.5 Å². The van der Waals surface area contributed by atoms with Crippen molar-refractivity contribution in [2.75, 3.05) is 26.9 Å². The van der Waals surface area contributed by atoms with Crippen LogP contribution in [0.1, 0.15) is 6.42 Å². The Balaban J connectivity index is 1.93. The van der Waals surface area contributed by atoms with Crippen LogP contribution in [-0.2, 0) is 9.53 Å². The van der Waals surface area contributed by atoms with E-state index >= 15 is 0 Å². The van der Waals surface area contributed by atoms with Crippen LogP contribution in [0, 0.1) is 0 Å². The third-order valence-corrected chi connectivity index (χ3v) is 3.03. The molecule has 6 heteroatoms. The second kappa shape index (κ2) is 7.12. The standard InChI is InChI=1S/C14H20N2O4/c1-18-8-10(6-7-15)16-14(17)13-9-19-11-4-2-3-5-12(11)20-13/h2-5,10,13H,6-9,15H2,1H3,(H,16,17). The molecule has 2 unspecified atom stereocenters. The summed E-state index contributed by atoms with van der Waals surface area (Å²) in [5, 5.41) is 2.87. The predicted molar refractivity (Wildman–Crippen MR) is 73.8 cm³/mol. The van der Waals surface area contributed by atoms with Crippen molar-refractivity contribution in [3.63, 3.8) is 0 Å². The predicted octanol–water partition coefficient (Wildman–Crippen LogP) is 0.306. The molecule has 0 aliphatic carbocycles. The summed E-state index contributed by atoms with van der Waals surface area (Å²) in [4.78, 5) is 12.2. The molecule has 0 fully saturated rings. The van der Waals surface area contributed by atoms with Crippen LogP contribution in [-0.4, -0.2) is 44.9 Å². The van der Waals surface area contributed by atoms with Crippen molar-refractivity contribution in [3.05, 3.63) is 24.3 Å². The average Bonchev–Trinajstić information content (AvgIpc) is 2.47. The first-order chi connectivity index (χ1) is 9.74. The van der Waals surface area contributed by atoms with Crippen molar-refractivity contribution in [2.24, 2.45) is 5.73 Å². The van der Waals surface area contributed by atoms with Gasteiger partial charge in [0.25, 0.3) is 5.91 Å². The third kappa shape index (κ3) is 3.61. The lowest BCUT2D eigenvalue weighted by molar-refractivity contribution is -0.131. The number of methoxy groups -OCH3 is 1. The number of carbonyl (C=O) groups is 1. The molecular formula is C14H20N2O4. The Kier molecular flexibility index (Phi) is 5.20. The molecule has 0 spiro atoms. The lowest BCUT2D eigenvalue weighted by atomic mass is 10.2. The van der Waals surface area contributed by atoms with Gasteiger partial charge in [-0.1, -0.05) is 12.1 Å². The molecule has 1 heterocycles. The number of hydrogen-bond acceptors (Lipinski definition) is 5. The van der Waals surface area contributed by atoms with Crippen LogP contribution in [0.15, 0.2) is 24.3 Å². The average molecular weight is 280 g/mol.